The van der Waals surface area contributed by atoms with E-state index in [1.807, 2.05) is 12.1 Å². The van der Waals surface area contributed by atoms with Gasteiger partial charge in [0, 0.05) is 17.7 Å². The van der Waals surface area contributed by atoms with Gasteiger partial charge in [0.05, 0.1) is 0 Å². The van der Waals surface area contributed by atoms with Gasteiger partial charge in [0.15, 0.2) is 12.4 Å². The molecule has 0 bridgehead atoms. The molecule has 1 aromatic heterocycles. The summed E-state index contributed by atoms with van der Waals surface area (Å²) in [5, 5.41) is 0. The van der Waals surface area contributed by atoms with Crippen molar-refractivity contribution >= 4 is 0 Å². The summed E-state index contributed by atoms with van der Waals surface area (Å²) >= 11 is 0. The molecule has 0 amide bonds. The molecule has 0 fully saturated rings. The van der Waals surface area contributed by atoms with Crippen LogP contribution in [0.4, 0.5) is 0 Å². The lowest BCUT2D eigenvalue weighted by Gasteiger charge is -1.77. The molecule has 1 heteroatoms. The van der Waals surface area contributed by atoms with Gasteiger partial charge >= 0.3 is 0 Å². The fourth-order valence-electron chi connectivity index (χ4n) is 0.470. The van der Waals surface area contributed by atoms with E-state index in [0.29, 0.717) is 0 Å². The summed E-state index contributed by atoms with van der Waals surface area (Å²) in [6.07, 6.45) is 5.62. The Morgan fingerprint density at radius 1 is 1.62 bits per heavy atom. The van der Waals surface area contributed by atoms with Gasteiger partial charge in [-0.1, -0.05) is 5.92 Å². The maximum atomic E-state index is 6.57. The molecular formula is C7H6N+. The molecular weight excluding hydrogens is 98.1 g/mol. The molecule has 1 nitrogen and oxygen atoms in total. The monoisotopic (exact) mass is 106 g/mol. The summed E-state index contributed by atoms with van der Waals surface area (Å²) in [5.74, 6) is 2.60. The highest BCUT2D eigenvalue weighted by Gasteiger charge is 1.82. The van der Waals surface area contributed by atoms with Crippen molar-refractivity contribution in [3.05, 3.63) is 30.1 Å². The highest BCUT2D eigenvalue weighted by Crippen LogP contribution is 1.87. The standard InChI is InChI=1S/C7H5N/c1-2-7-3-5-8-6-4-7/h1,3-6H/p+1/i1T. The van der Waals surface area contributed by atoms with Gasteiger partial charge in [-0.15, -0.1) is 6.40 Å². The Balaban J connectivity index is 2.94. The number of aromatic nitrogens is 1. The number of nitrogens with one attached hydrogen (secondary N) is 1. The Hall–Kier alpha value is -1.29. The number of aromatic amines is 1. The van der Waals surface area contributed by atoms with Gasteiger partial charge in [-0.3, -0.25) is 0 Å². The summed E-state index contributed by atoms with van der Waals surface area (Å²) in [4.78, 5) is 2.86. The summed E-state index contributed by atoms with van der Waals surface area (Å²) in [6.45, 7) is 0. The molecule has 0 aliphatic heterocycles. The predicted octanol–water partition coefficient (Wildman–Crippen LogP) is 0.482. The smallest absolute Gasteiger partial charge is 0.168 e. The Kier molecular flexibility index (Phi) is 0.980. The van der Waals surface area contributed by atoms with Gasteiger partial charge in [-0.2, -0.15) is 0 Å². The molecule has 38 valence electrons. The van der Waals surface area contributed by atoms with Crippen LogP contribution in [0.15, 0.2) is 24.5 Å². The lowest BCUT2D eigenvalue weighted by Crippen LogP contribution is -1.96. The van der Waals surface area contributed by atoms with Crippen LogP contribution in [-0.2, 0) is 0 Å². The molecule has 0 atom stereocenters. The van der Waals surface area contributed by atoms with E-state index in [1.165, 1.54) is 0 Å². The second-order valence-corrected chi connectivity index (χ2v) is 1.41. The van der Waals surface area contributed by atoms with E-state index in [9.17, 15) is 0 Å². The molecule has 0 radical (unpaired) electrons. The first kappa shape index (κ1) is 3.68. The van der Waals surface area contributed by atoms with Gasteiger partial charge in [0.2, 0.25) is 0 Å². The minimum Gasteiger partial charge on any atom is -0.218 e. The molecule has 0 aliphatic carbocycles. The normalized spacial score (nSPS) is 8.75. The van der Waals surface area contributed by atoms with Crippen molar-refractivity contribution in [2.24, 2.45) is 0 Å². The van der Waals surface area contributed by atoms with Gasteiger partial charge in [-0.05, 0) is 0 Å². The van der Waals surface area contributed by atoms with E-state index < -0.39 is 0 Å². The molecule has 0 aliphatic rings. The number of rotatable bonds is 0. The largest absolute Gasteiger partial charge is 0.218 e. The molecule has 0 saturated carbocycles. The zero-order valence-electron chi connectivity index (χ0n) is 5.31. The van der Waals surface area contributed by atoms with Crippen LogP contribution in [0.3, 0.4) is 0 Å². The number of pyridine rings is 1. The molecule has 1 heterocycles. The average molecular weight is 106 g/mol. The van der Waals surface area contributed by atoms with E-state index >= 15 is 0 Å². The Morgan fingerprint density at radius 3 is 3.00 bits per heavy atom. The summed E-state index contributed by atoms with van der Waals surface area (Å²) in [5.41, 5.74) is 0.865. The average Bonchev–Trinajstić information content (AvgIpc) is 1.91. The molecule has 1 N–H and O–H groups in total. The highest BCUT2D eigenvalue weighted by molar-refractivity contribution is 5.27. The van der Waals surface area contributed by atoms with Gasteiger partial charge < -0.3 is 0 Å². The first-order chi connectivity index (χ1) is 4.43. The van der Waals surface area contributed by atoms with Crippen molar-refractivity contribution < 1.29 is 6.35 Å². The van der Waals surface area contributed by atoms with Crippen LogP contribution >= 0.6 is 0 Å². The zero-order chi connectivity index (χ0) is 6.53. The number of H-pyrrole nitrogens is 1. The van der Waals surface area contributed by atoms with Crippen LogP contribution in [0, 0.1) is 12.3 Å². The molecule has 0 saturated heterocycles. The molecule has 0 spiro atoms. The van der Waals surface area contributed by atoms with Crippen molar-refractivity contribution in [3.63, 3.8) is 0 Å². The van der Waals surface area contributed by atoms with Crippen LogP contribution in [0.1, 0.15) is 6.93 Å². The number of hydrogen-bond donors (Lipinski definition) is 0. The third kappa shape index (κ3) is 0.855. The Bertz CT molecular complexity index is 232. The highest BCUT2D eigenvalue weighted by atomic mass is 14.6. The SMILES string of the molecule is [3H]C#Cc1cc[nH+]cc1. The van der Waals surface area contributed by atoms with E-state index in [0.717, 1.165) is 5.56 Å². The molecule has 0 aromatic carbocycles. The minimum absolute atomic E-state index is 0.865. The van der Waals surface area contributed by atoms with Gasteiger partial charge in [-0.25, -0.2) is 4.98 Å². The van der Waals surface area contributed by atoms with E-state index in [-0.39, 0.29) is 0 Å². The number of terminal acetylenes is 1. The topological polar surface area (TPSA) is 14.1 Å². The molecule has 8 heavy (non-hydrogen) atoms. The maximum absolute atomic E-state index is 6.57. The van der Waals surface area contributed by atoms with E-state index in [4.69, 9.17) is 1.37 Å². The third-order valence-electron chi connectivity index (χ3n) is 0.863. The first-order valence-electron chi connectivity index (χ1n) is 2.82. The van der Waals surface area contributed by atoms with E-state index in [2.05, 4.69) is 17.3 Å². The third-order valence-corrected chi connectivity index (χ3v) is 0.863. The van der Waals surface area contributed by atoms with Crippen molar-refractivity contribution in [2.45, 2.75) is 0 Å². The van der Waals surface area contributed by atoms with Crippen molar-refractivity contribution in [3.8, 4) is 12.3 Å². The Morgan fingerprint density at radius 2 is 2.38 bits per heavy atom. The summed E-state index contributed by atoms with van der Waals surface area (Å²) in [7, 11) is 0. The van der Waals surface area contributed by atoms with Gasteiger partial charge in [0.1, 0.15) is 1.37 Å². The van der Waals surface area contributed by atoms with Crippen LogP contribution in [0.25, 0.3) is 0 Å². The lowest BCUT2D eigenvalue weighted by atomic mass is 10.3. The van der Waals surface area contributed by atoms with Crippen LogP contribution in [0.5, 0.6) is 0 Å². The summed E-state index contributed by atoms with van der Waals surface area (Å²) < 4.78 is 6.57. The van der Waals surface area contributed by atoms with Gasteiger partial charge in [0.25, 0.3) is 0 Å². The number of hydrogen-bond acceptors (Lipinski definition) is 0. The van der Waals surface area contributed by atoms with Crippen LogP contribution in [-0.4, -0.2) is 0 Å². The molecule has 0 unspecified atom stereocenters. The van der Waals surface area contributed by atoms with Crippen molar-refractivity contribution in [2.75, 3.05) is 0 Å². The predicted molar refractivity (Wildman–Crippen MR) is 30.9 cm³/mol. The first-order valence-corrected chi connectivity index (χ1v) is 2.32. The lowest BCUT2D eigenvalue weighted by molar-refractivity contribution is -0.378. The van der Waals surface area contributed by atoms with Crippen LogP contribution < -0.4 is 4.98 Å². The molecule has 1 rings (SSSR count). The maximum Gasteiger partial charge on any atom is 0.168 e. The second kappa shape index (κ2) is 2.13. The fraction of sp³-hybridized carbons (Fsp3) is 0. The van der Waals surface area contributed by atoms with Crippen molar-refractivity contribution in [1.82, 2.24) is 0 Å². The summed E-state index contributed by atoms with van der Waals surface area (Å²) in [6, 6.07) is 3.64. The van der Waals surface area contributed by atoms with E-state index in [1.54, 1.807) is 12.4 Å². The zero-order valence-corrected chi connectivity index (χ0v) is 4.31. The second-order valence-electron chi connectivity index (χ2n) is 1.41. The van der Waals surface area contributed by atoms with Crippen LogP contribution in [0.2, 0.25) is 0 Å². The quantitative estimate of drug-likeness (QED) is 0.427. The molecule has 1 aromatic rings. The van der Waals surface area contributed by atoms with Crippen molar-refractivity contribution in [1.29, 1.82) is 0 Å². The Labute approximate surface area is 49.8 Å². The fourth-order valence-corrected chi connectivity index (χ4v) is 0.470. The minimum atomic E-state index is 0.865.